The van der Waals surface area contributed by atoms with Gasteiger partial charge in [-0.25, -0.2) is 25.7 Å². The molecule has 134 valence electrons. The normalized spacial score (nSPS) is 7.76. The summed E-state index contributed by atoms with van der Waals surface area (Å²) in [6.07, 6.45) is 9.54. The minimum atomic E-state index is 0. The molecule has 0 aromatic heterocycles. The molecule has 0 aromatic rings. The first-order chi connectivity index (χ1) is 10.2. The third kappa shape index (κ3) is 113. The largest absolute Gasteiger partial charge is 1.00 e. The van der Waals surface area contributed by atoms with E-state index < -0.39 is 0 Å². The van der Waals surface area contributed by atoms with Crippen LogP contribution in [0.3, 0.4) is 0 Å². The molecule has 3 nitrogen and oxygen atoms in total. The van der Waals surface area contributed by atoms with Crippen LogP contribution in [0.2, 0.25) is 0 Å². The zero-order valence-corrected chi connectivity index (χ0v) is 19.2. The quantitative estimate of drug-likeness (QED) is 0.275. The topological polar surface area (TPSA) is 9.72 Å². The third-order valence-electron chi connectivity index (χ3n) is 1.65. The molecule has 0 amide bonds. The summed E-state index contributed by atoms with van der Waals surface area (Å²) in [6, 6.07) is 0. The van der Waals surface area contributed by atoms with Crippen LogP contribution in [0.15, 0.2) is 37.6 Å². The average molecular weight is 331 g/mol. The van der Waals surface area contributed by atoms with Crippen LogP contribution in [0.25, 0.3) is 0 Å². The number of hydrogen-bond acceptors (Lipinski definition) is 3. The second-order valence-electron chi connectivity index (χ2n) is 5.10. The van der Waals surface area contributed by atoms with Crippen molar-refractivity contribution in [2.24, 2.45) is 0 Å². The van der Waals surface area contributed by atoms with E-state index in [0.29, 0.717) is 0 Å². The molecular formula is C19H40Li3N3. The Hall–Kier alpha value is 0.472. The Morgan fingerprint density at radius 3 is 1.36 bits per heavy atom. The van der Waals surface area contributed by atoms with Crippen molar-refractivity contribution < 1.29 is 56.6 Å². The van der Waals surface area contributed by atoms with Gasteiger partial charge in [0.1, 0.15) is 0 Å². The number of rotatable bonds is 6. The van der Waals surface area contributed by atoms with Crippen molar-refractivity contribution in [3.8, 4) is 0 Å². The summed E-state index contributed by atoms with van der Waals surface area (Å²) in [4.78, 5) is 5.94. The van der Waals surface area contributed by atoms with Gasteiger partial charge in [0.05, 0.1) is 0 Å². The molecule has 0 aliphatic heterocycles. The molecule has 0 rings (SSSR count). The molecule has 0 atom stereocenters. The van der Waals surface area contributed by atoms with Crippen LogP contribution >= 0.6 is 0 Å². The van der Waals surface area contributed by atoms with E-state index in [1.54, 1.807) is 12.2 Å². The van der Waals surface area contributed by atoms with Crippen LogP contribution in [0.5, 0.6) is 0 Å². The van der Waals surface area contributed by atoms with Crippen molar-refractivity contribution >= 4 is 0 Å². The van der Waals surface area contributed by atoms with Gasteiger partial charge in [-0.3, -0.25) is 0 Å². The molecule has 25 heavy (non-hydrogen) atoms. The Morgan fingerprint density at radius 2 is 1.36 bits per heavy atom. The molecule has 0 aromatic carbocycles. The molecule has 0 fully saturated rings. The second-order valence-corrected chi connectivity index (χ2v) is 5.10. The maximum atomic E-state index is 3.60. The predicted molar refractivity (Wildman–Crippen MR) is 105 cm³/mol. The molecule has 0 aliphatic rings. The summed E-state index contributed by atoms with van der Waals surface area (Å²) in [5.41, 5.74) is 0. The van der Waals surface area contributed by atoms with E-state index in [9.17, 15) is 0 Å². The first-order valence-electron chi connectivity index (χ1n) is 7.52. The first-order valence-corrected chi connectivity index (χ1v) is 7.52. The Bertz CT molecular complexity index is 216. The molecule has 0 radical (unpaired) electrons. The fourth-order valence-electron chi connectivity index (χ4n) is 0.680. The Balaban J connectivity index is -0.0000000336. The van der Waals surface area contributed by atoms with Crippen LogP contribution in [0.1, 0.15) is 19.8 Å². The van der Waals surface area contributed by atoms with E-state index in [4.69, 9.17) is 0 Å². The minimum Gasteiger partial charge on any atom is -0.460 e. The van der Waals surface area contributed by atoms with Crippen molar-refractivity contribution in [2.45, 2.75) is 19.8 Å². The number of nitrogens with zero attached hydrogens (tertiary/aromatic N) is 3. The summed E-state index contributed by atoms with van der Waals surface area (Å²) < 4.78 is 0. The van der Waals surface area contributed by atoms with Gasteiger partial charge in [-0.05, 0) is 42.3 Å². The SMILES string of the molecule is C=CCN(C)C.C=C[CH-]N(C)C.[CH2-]/C=C/N(C)C.[CH2-]CCC.[Li+].[Li+].[Li+]. The van der Waals surface area contributed by atoms with Crippen molar-refractivity contribution in [2.75, 3.05) is 48.8 Å². The molecule has 0 bridgehead atoms. The number of likely N-dealkylation sites (N-methyl/N-ethyl adjacent to an activating group) is 2. The van der Waals surface area contributed by atoms with Crippen LogP contribution in [0, 0.1) is 20.4 Å². The van der Waals surface area contributed by atoms with Crippen molar-refractivity contribution in [3.05, 3.63) is 58.0 Å². The molecular weight excluding hydrogens is 291 g/mol. The summed E-state index contributed by atoms with van der Waals surface area (Å²) in [7, 11) is 11.9. The fourth-order valence-corrected chi connectivity index (χ4v) is 0.680. The maximum absolute atomic E-state index is 3.60. The summed E-state index contributed by atoms with van der Waals surface area (Å²) in [5.74, 6) is 0. The van der Waals surface area contributed by atoms with Crippen LogP contribution in [-0.4, -0.2) is 63.5 Å². The van der Waals surface area contributed by atoms with Crippen LogP contribution < -0.4 is 56.6 Å². The summed E-state index contributed by atoms with van der Waals surface area (Å²) >= 11 is 0. The molecule has 0 saturated carbocycles. The Kier molecular flexibility index (Phi) is 79.0. The summed E-state index contributed by atoms with van der Waals surface area (Å²) in [5, 5.41) is 0. The Morgan fingerprint density at radius 1 is 0.960 bits per heavy atom. The molecule has 0 heterocycles. The fraction of sp³-hybridized carbons (Fsp3) is 0.526. The smallest absolute Gasteiger partial charge is 0.460 e. The van der Waals surface area contributed by atoms with Gasteiger partial charge in [0.2, 0.25) is 0 Å². The van der Waals surface area contributed by atoms with Crippen molar-refractivity contribution in [3.63, 3.8) is 0 Å². The van der Waals surface area contributed by atoms with Gasteiger partial charge in [0.25, 0.3) is 0 Å². The zero-order chi connectivity index (χ0) is 18.4. The molecule has 0 unspecified atom stereocenters. The van der Waals surface area contributed by atoms with E-state index in [2.05, 4.69) is 38.8 Å². The van der Waals surface area contributed by atoms with Gasteiger partial charge in [-0.15, -0.1) is 6.58 Å². The van der Waals surface area contributed by atoms with E-state index in [1.165, 1.54) is 6.42 Å². The first kappa shape index (κ1) is 44.7. The van der Waals surface area contributed by atoms with E-state index in [1.807, 2.05) is 70.9 Å². The monoisotopic (exact) mass is 331 g/mol. The summed E-state index contributed by atoms with van der Waals surface area (Å²) in [6.45, 7) is 19.1. The molecule has 0 aliphatic carbocycles. The minimum absolute atomic E-state index is 0. The van der Waals surface area contributed by atoms with E-state index in [0.717, 1.165) is 13.0 Å². The second kappa shape index (κ2) is 44.2. The molecule has 0 saturated heterocycles. The number of unbranched alkanes of at least 4 members (excludes halogenated alkanes) is 1. The molecule has 0 spiro atoms. The zero-order valence-electron chi connectivity index (χ0n) is 19.2. The number of allylic oxidation sites excluding steroid dienone is 1. The van der Waals surface area contributed by atoms with Gasteiger partial charge >= 0.3 is 56.6 Å². The van der Waals surface area contributed by atoms with Crippen molar-refractivity contribution in [1.82, 2.24) is 14.7 Å². The van der Waals surface area contributed by atoms with E-state index in [-0.39, 0.29) is 56.6 Å². The average Bonchev–Trinajstić information content (AvgIpc) is 2.40. The molecule has 0 N–H and O–H groups in total. The van der Waals surface area contributed by atoms with Crippen LogP contribution in [0.4, 0.5) is 0 Å². The van der Waals surface area contributed by atoms with Gasteiger partial charge in [-0.2, -0.15) is 19.2 Å². The predicted octanol–water partition coefficient (Wildman–Crippen LogP) is -4.84. The van der Waals surface area contributed by atoms with Gasteiger partial charge in [0, 0.05) is 6.54 Å². The number of hydrogen-bond donors (Lipinski definition) is 0. The van der Waals surface area contributed by atoms with Gasteiger partial charge in [0.15, 0.2) is 0 Å². The third-order valence-corrected chi connectivity index (χ3v) is 1.65. The molecule has 6 heteroatoms. The van der Waals surface area contributed by atoms with Gasteiger partial charge < -0.3 is 21.6 Å². The van der Waals surface area contributed by atoms with Crippen molar-refractivity contribution in [1.29, 1.82) is 0 Å². The maximum Gasteiger partial charge on any atom is 1.00 e. The standard InChI is InChI=1S/C5H11N.2C5H10N.C4H9.3Li/c3*1-4-5-6(2)3;1-3-4-2;;;/h4H,1,5H2,2-3H3;2*4-5H,1H2,2-3H3;1,3-4H2,2H3;;;/q;3*-1;3*+1/b;5-4+;;;;;. The van der Waals surface area contributed by atoms with Gasteiger partial charge in [-0.1, -0.05) is 19.4 Å². The van der Waals surface area contributed by atoms with E-state index >= 15 is 0 Å². The van der Waals surface area contributed by atoms with Crippen LogP contribution in [-0.2, 0) is 0 Å². The Labute approximate surface area is 196 Å².